The lowest BCUT2D eigenvalue weighted by Crippen LogP contribution is -2.54. The molecule has 0 spiro atoms. The van der Waals surface area contributed by atoms with Gasteiger partial charge in [-0.1, -0.05) is 70.2 Å². The smallest absolute Gasteiger partial charge is 0.248 e. The Bertz CT molecular complexity index is 795. The van der Waals surface area contributed by atoms with Crippen LogP contribution in [0.4, 0.5) is 0 Å². The van der Waals surface area contributed by atoms with E-state index in [2.05, 4.69) is 5.43 Å². The molecule has 1 rings (SSSR count). The number of hydrogen-bond acceptors (Lipinski definition) is 6. The normalized spacial score (nSPS) is 15.3. The molecule has 0 aromatic heterocycles. The van der Waals surface area contributed by atoms with Crippen LogP contribution >= 0.6 is 0 Å². The van der Waals surface area contributed by atoms with E-state index in [1.54, 1.807) is 17.6 Å². The highest BCUT2D eigenvalue weighted by Crippen LogP contribution is 2.45. The third kappa shape index (κ3) is 8.07. The van der Waals surface area contributed by atoms with E-state index in [0.29, 0.717) is 25.8 Å². The second-order valence-electron chi connectivity index (χ2n) is 9.40. The lowest BCUT2D eigenvalue weighted by molar-refractivity contribution is -0.151. The number of carbonyl (C=O) groups excluding carboxylic acids is 3. The van der Waals surface area contributed by atoms with Gasteiger partial charge in [-0.15, -0.1) is 0 Å². The zero-order valence-corrected chi connectivity index (χ0v) is 20.2. The molecule has 8 heteroatoms. The standard InChI is InChI=1S/C25H40N4O4/c1-17(2)15-20(23(31)28-27)22(24(32)29-33)25(16-18(3)4,21(30)11-8-14-26)13-12-19-9-6-5-7-10-19/h5-7,9-10,12-13,17-18,20,22,33H,8,11,14-16,26-27H2,1-4H3,(H,28,31)(H,29,32)/b13-12+/t20-,22-,25?/m1/s1. The van der Waals surface area contributed by atoms with E-state index in [1.807, 2.05) is 58.0 Å². The van der Waals surface area contributed by atoms with E-state index in [4.69, 9.17) is 11.6 Å². The lowest BCUT2D eigenvalue weighted by Gasteiger charge is -2.41. The van der Waals surface area contributed by atoms with Crippen LogP contribution in [0.15, 0.2) is 36.4 Å². The van der Waals surface area contributed by atoms with E-state index >= 15 is 0 Å². The molecule has 0 bridgehead atoms. The van der Waals surface area contributed by atoms with Gasteiger partial charge >= 0.3 is 0 Å². The molecule has 0 radical (unpaired) electrons. The first-order valence-corrected chi connectivity index (χ1v) is 11.5. The Hall–Kier alpha value is -2.55. The van der Waals surface area contributed by atoms with Gasteiger partial charge in [0.15, 0.2) is 0 Å². The van der Waals surface area contributed by atoms with E-state index in [0.717, 1.165) is 5.56 Å². The molecule has 0 heterocycles. The number of nitrogens with two attached hydrogens (primary N) is 2. The van der Waals surface area contributed by atoms with Gasteiger partial charge in [-0.25, -0.2) is 11.3 Å². The van der Waals surface area contributed by atoms with E-state index in [-0.39, 0.29) is 24.0 Å². The topological polar surface area (TPSA) is 148 Å². The Morgan fingerprint density at radius 2 is 1.70 bits per heavy atom. The van der Waals surface area contributed by atoms with E-state index in [9.17, 15) is 19.6 Å². The van der Waals surface area contributed by atoms with Crippen molar-refractivity contribution < 1.29 is 19.6 Å². The number of benzene rings is 1. The highest BCUT2D eigenvalue weighted by atomic mass is 16.5. The number of amides is 2. The number of hydrazine groups is 1. The van der Waals surface area contributed by atoms with Gasteiger partial charge in [-0.3, -0.25) is 25.0 Å². The number of Topliss-reactive ketones (excluding diaryl/α,β-unsaturated/α-hetero) is 1. The molecule has 2 amide bonds. The molecule has 33 heavy (non-hydrogen) atoms. The van der Waals surface area contributed by atoms with Crippen molar-refractivity contribution >= 4 is 23.7 Å². The van der Waals surface area contributed by atoms with Crippen LogP contribution in [-0.2, 0) is 14.4 Å². The third-order valence-corrected chi connectivity index (χ3v) is 5.80. The fraction of sp³-hybridized carbons (Fsp3) is 0.560. The van der Waals surface area contributed by atoms with E-state index in [1.165, 1.54) is 0 Å². The molecule has 0 aliphatic carbocycles. The van der Waals surface area contributed by atoms with Crippen LogP contribution in [0.1, 0.15) is 58.9 Å². The van der Waals surface area contributed by atoms with Gasteiger partial charge in [0.05, 0.1) is 17.3 Å². The van der Waals surface area contributed by atoms with Gasteiger partial charge in [0.25, 0.3) is 0 Å². The molecule has 1 unspecified atom stereocenters. The summed E-state index contributed by atoms with van der Waals surface area (Å²) in [5.74, 6) is 1.91. The SMILES string of the molecule is CC(C)C[C@@H](C(=O)NN)[C@H](C(=O)NO)C(/C=C/c1ccccc1)(CC(C)C)C(=O)CCCN. The lowest BCUT2D eigenvalue weighted by atomic mass is 9.60. The second-order valence-corrected chi connectivity index (χ2v) is 9.40. The van der Waals surface area contributed by atoms with Gasteiger partial charge in [0.2, 0.25) is 11.8 Å². The van der Waals surface area contributed by atoms with Crippen LogP contribution in [0.3, 0.4) is 0 Å². The average molecular weight is 461 g/mol. The minimum absolute atomic E-state index is 0.0156. The van der Waals surface area contributed by atoms with E-state index < -0.39 is 29.1 Å². The van der Waals surface area contributed by atoms with Gasteiger partial charge in [0.1, 0.15) is 5.78 Å². The molecule has 8 nitrogen and oxygen atoms in total. The first-order valence-electron chi connectivity index (χ1n) is 11.5. The Morgan fingerprint density at radius 1 is 1.06 bits per heavy atom. The predicted octanol–water partition coefficient (Wildman–Crippen LogP) is 2.81. The van der Waals surface area contributed by atoms with Crippen molar-refractivity contribution in [2.45, 2.75) is 53.4 Å². The summed E-state index contributed by atoms with van der Waals surface area (Å²) in [7, 11) is 0. The first-order chi connectivity index (χ1) is 15.6. The van der Waals surface area contributed by atoms with Crippen molar-refractivity contribution in [3.05, 3.63) is 42.0 Å². The van der Waals surface area contributed by atoms with Gasteiger partial charge in [0, 0.05) is 6.42 Å². The summed E-state index contributed by atoms with van der Waals surface area (Å²) in [5.41, 5.74) is 9.05. The Kier molecular flexibility index (Phi) is 12.0. The van der Waals surface area contributed by atoms with Gasteiger partial charge in [-0.05, 0) is 43.2 Å². The van der Waals surface area contributed by atoms with Crippen LogP contribution in [0.25, 0.3) is 6.08 Å². The molecule has 7 N–H and O–H groups in total. The number of nitrogens with one attached hydrogen (secondary N) is 2. The Morgan fingerprint density at radius 3 is 2.18 bits per heavy atom. The summed E-state index contributed by atoms with van der Waals surface area (Å²) in [6.45, 7) is 8.07. The molecule has 3 atom stereocenters. The molecule has 0 aliphatic rings. The van der Waals surface area contributed by atoms with Crippen molar-refractivity contribution in [3.8, 4) is 0 Å². The van der Waals surface area contributed by atoms with Crippen molar-refractivity contribution in [1.29, 1.82) is 0 Å². The Balaban J connectivity index is 3.84. The summed E-state index contributed by atoms with van der Waals surface area (Å²) < 4.78 is 0. The van der Waals surface area contributed by atoms with Crippen LogP contribution in [-0.4, -0.2) is 29.3 Å². The fourth-order valence-corrected chi connectivity index (χ4v) is 4.51. The summed E-state index contributed by atoms with van der Waals surface area (Å²) in [6, 6.07) is 9.42. The number of allylic oxidation sites excluding steroid dienone is 1. The number of hydroxylamine groups is 1. The van der Waals surface area contributed by atoms with Crippen LogP contribution in [0, 0.1) is 29.1 Å². The highest BCUT2D eigenvalue weighted by molar-refractivity contribution is 5.97. The maximum atomic E-state index is 13.8. The fourth-order valence-electron chi connectivity index (χ4n) is 4.51. The maximum absolute atomic E-state index is 13.8. The quantitative estimate of drug-likeness (QED) is 0.125. The van der Waals surface area contributed by atoms with Crippen LogP contribution in [0.2, 0.25) is 0 Å². The molecule has 0 fully saturated rings. The molecule has 0 saturated heterocycles. The molecule has 0 aliphatic heterocycles. The van der Waals surface area contributed by atoms with Crippen LogP contribution in [0.5, 0.6) is 0 Å². The number of ketones is 1. The monoisotopic (exact) mass is 460 g/mol. The maximum Gasteiger partial charge on any atom is 0.248 e. The molecule has 0 saturated carbocycles. The van der Waals surface area contributed by atoms with Gasteiger partial charge < -0.3 is 5.73 Å². The minimum atomic E-state index is -1.35. The molecular weight excluding hydrogens is 420 g/mol. The van der Waals surface area contributed by atoms with Crippen molar-refractivity contribution in [1.82, 2.24) is 10.9 Å². The zero-order chi connectivity index (χ0) is 25.0. The average Bonchev–Trinajstić information content (AvgIpc) is 2.79. The summed E-state index contributed by atoms with van der Waals surface area (Å²) in [6.07, 6.45) is 4.75. The van der Waals surface area contributed by atoms with Crippen molar-refractivity contribution in [2.75, 3.05) is 6.54 Å². The van der Waals surface area contributed by atoms with Crippen molar-refractivity contribution in [2.24, 2.45) is 40.7 Å². The largest absolute Gasteiger partial charge is 0.330 e. The Labute approximate surface area is 197 Å². The molecule has 1 aromatic carbocycles. The number of carbonyl (C=O) groups is 3. The number of rotatable bonds is 14. The highest BCUT2D eigenvalue weighted by Gasteiger charge is 2.52. The molecule has 1 aromatic rings. The second kappa shape index (κ2) is 13.9. The summed E-state index contributed by atoms with van der Waals surface area (Å²) in [5, 5.41) is 9.67. The third-order valence-electron chi connectivity index (χ3n) is 5.80. The first kappa shape index (κ1) is 28.5. The molecule has 184 valence electrons. The van der Waals surface area contributed by atoms with Gasteiger partial charge in [-0.2, -0.15) is 0 Å². The van der Waals surface area contributed by atoms with Crippen molar-refractivity contribution in [3.63, 3.8) is 0 Å². The van der Waals surface area contributed by atoms with Crippen LogP contribution < -0.4 is 22.5 Å². The summed E-state index contributed by atoms with van der Waals surface area (Å²) >= 11 is 0. The number of hydrogen-bond donors (Lipinski definition) is 5. The zero-order valence-electron chi connectivity index (χ0n) is 20.2. The molecular formula is C25H40N4O4. The minimum Gasteiger partial charge on any atom is -0.330 e. The summed E-state index contributed by atoms with van der Waals surface area (Å²) in [4.78, 5) is 39.9. The predicted molar refractivity (Wildman–Crippen MR) is 129 cm³/mol.